The van der Waals surface area contributed by atoms with Crippen LogP contribution in [0.5, 0.6) is 0 Å². The zero-order valence-corrected chi connectivity index (χ0v) is 11.9. The predicted octanol–water partition coefficient (Wildman–Crippen LogP) is 2.94. The molecular weight excluding hydrogens is 223 g/mol. The van der Waals surface area contributed by atoms with E-state index in [1.807, 2.05) is 12.1 Å². The number of rotatable bonds is 2. The van der Waals surface area contributed by atoms with Crippen LogP contribution in [0.4, 0.5) is 0 Å². The molecule has 18 heavy (non-hydrogen) atoms. The normalized spacial score (nSPS) is 21.1. The molecule has 0 saturated carbocycles. The average Bonchev–Trinajstić information content (AvgIpc) is 2.48. The highest BCUT2D eigenvalue weighted by Crippen LogP contribution is 2.36. The summed E-state index contributed by atoms with van der Waals surface area (Å²) in [7, 11) is -0.285. The molecule has 2 nitrogen and oxygen atoms in total. The highest BCUT2D eigenvalue weighted by atomic mass is 16.7. The molecule has 0 amide bonds. The lowest BCUT2D eigenvalue weighted by Gasteiger charge is -2.32. The Morgan fingerprint density at radius 1 is 1.11 bits per heavy atom. The summed E-state index contributed by atoms with van der Waals surface area (Å²) in [6.07, 6.45) is 1.86. The SMILES string of the molecule is C=Cc1ccc(B2OC(C)(C)C(C)(C)O2)cc1C. The summed E-state index contributed by atoms with van der Waals surface area (Å²) in [6.45, 7) is 14.1. The first kappa shape index (κ1) is 13.4. The van der Waals surface area contributed by atoms with Crippen LogP contribution in [0.1, 0.15) is 38.8 Å². The molecule has 0 atom stereocenters. The first-order valence-electron chi connectivity index (χ1n) is 6.35. The lowest BCUT2D eigenvalue weighted by Crippen LogP contribution is -2.41. The molecule has 1 aliphatic heterocycles. The van der Waals surface area contributed by atoms with Crippen LogP contribution in [0, 0.1) is 6.92 Å². The largest absolute Gasteiger partial charge is 0.494 e. The Kier molecular flexibility index (Phi) is 3.16. The van der Waals surface area contributed by atoms with Crippen molar-refractivity contribution >= 4 is 18.7 Å². The third-order valence-corrected chi connectivity index (χ3v) is 4.04. The van der Waals surface area contributed by atoms with Crippen LogP contribution < -0.4 is 5.46 Å². The lowest BCUT2D eigenvalue weighted by molar-refractivity contribution is 0.00578. The van der Waals surface area contributed by atoms with Crippen LogP contribution in [0.15, 0.2) is 24.8 Å². The molecule has 0 N–H and O–H groups in total. The molecule has 0 aliphatic carbocycles. The van der Waals surface area contributed by atoms with Gasteiger partial charge in [-0.05, 0) is 51.2 Å². The topological polar surface area (TPSA) is 18.5 Å². The highest BCUT2D eigenvalue weighted by Gasteiger charge is 2.51. The first-order valence-corrected chi connectivity index (χ1v) is 6.35. The average molecular weight is 244 g/mol. The van der Waals surface area contributed by atoms with Crippen molar-refractivity contribution in [3.05, 3.63) is 35.9 Å². The Morgan fingerprint density at radius 2 is 1.67 bits per heavy atom. The van der Waals surface area contributed by atoms with Crippen LogP contribution in [0.25, 0.3) is 6.08 Å². The maximum absolute atomic E-state index is 6.03. The fourth-order valence-corrected chi connectivity index (χ4v) is 2.05. The summed E-state index contributed by atoms with van der Waals surface area (Å²) in [5.74, 6) is 0. The van der Waals surface area contributed by atoms with Crippen LogP contribution in [-0.2, 0) is 9.31 Å². The van der Waals surface area contributed by atoms with Gasteiger partial charge in [0.15, 0.2) is 0 Å². The van der Waals surface area contributed by atoms with Gasteiger partial charge in [-0.2, -0.15) is 0 Å². The molecular formula is C15H21BO2. The van der Waals surface area contributed by atoms with E-state index in [0.29, 0.717) is 0 Å². The van der Waals surface area contributed by atoms with Gasteiger partial charge in [-0.25, -0.2) is 0 Å². The molecule has 0 radical (unpaired) electrons. The zero-order valence-electron chi connectivity index (χ0n) is 11.9. The van der Waals surface area contributed by atoms with E-state index < -0.39 is 0 Å². The molecule has 1 aliphatic rings. The van der Waals surface area contributed by atoms with Crippen LogP contribution >= 0.6 is 0 Å². The molecule has 3 heteroatoms. The summed E-state index contributed by atoms with van der Waals surface area (Å²) < 4.78 is 12.1. The number of aryl methyl sites for hydroxylation is 1. The number of hydrogen-bond acceptors (Lipinski definition) is 2. The standard InChI is InChI=1S/C15H21BO2/c1-7-12-8-9-13(10-11(12)2)16-17-14(3,4)15(5,6)18-16/h7-10H,1H2,2-6H3. The molecule has 1 heterocycles. The Bertz CT molecular complexity index is 461. The van der Waals surface area contributed by atoms with Crippen LogP contribution in [-0.4, -0.2) is 18.3 Å². The van der Waals surface area contributed by atoms with Crippen LogP contribution in [0.3, 0.4) is 0 Å². The first-order chi connectivity index (χ1) is 8.27. The molecule has 2 rings (SSSR count). The van der Waals surface area contributed by atoms with Crippen molar-refractivity contribution in [2.45, 2.75) is 45.8 Å². The van der Waals surface area contributed by atoms with Crippen molar-refractivity contribution in [2.24, 2.45) is 0 Å². The fourth-order valence-electron chi connectivity index (χ4n) is 2.05. The van der Waals surface area contributed by atoms with E-state index in [1.165, 1.54) is 5.56 Å². The maximum atomic E-state index is 6.03. The molecule has 1 aromatic rings. The van der Waals surface area contributed by atoms with E-state index in [4.69, 9.17) is 9.31 Å². The van der Waals surface area contributed by atoms with Gasteiger partial charge in [0.25, 0.3) is 0 Å². The smallest absolute Gasteiger partial charge is 0.399 e. The van der Waals surface area contributed by atoms with Gasteiger partial charge < -0.3 is 9.31 Å². The van der Waals surface area contributed by atoms with Gasteiger partial charge in [0, 0.05) is 0 Å². The summed E-state index contributed by atoms with van der Waals surface area (Å²) in [6, 6.07) is 6.22. The van der Waals surface area contributed by atoms with Gasteiger partial charge in [-0.3, -0.25) is 0 Å². The number of benzene rings is 1. The Balaban J connectivity index is 2.30. The van der Waals surface area contributed by atoms with Crippen molar-refractivity contribution in [1.29, 1.82) is 0 Å². The second-order valence-corrected chi connectivity index (χ2v) is 5.91. The number of hydrogen-bond donors (Lipinski definition) is 0. The molecule has 96 valence electrons. The molecule has 0 spiro atoms. The molecule has 1 saturated heterocycles. The van der Waals surface area contributed by atoms with Crippen molar-refractivity contribution in [3.8, 4) is 0 Å². The minimum atomic E-state index is -0.289. The van der Waals surface area contributed by atoms with Crippen molar-refractivity contribution in [1.82, 2.24) is 0 Å². The third kappa shape index (κ3) is 2.13. The second-order valence-electron chi connectivity index (χ2n) is 5.91. The lowest BCUT2D eigenvalue weighted by atomic mass is 9.78. The van der Waals surface area contributed by atoms with Crippen LogP contribution in [0.2, 0.25) is 0 Å². The molecule has 0 aromatic heterocycles. The van der Waals surface area contributed by atoms with E-state index in [2.05, 4.69) is 53.3 Å². The monoisotopic (exact) mass is 244 g/mol. The van der Waals surface area contributed by atoms with E-state index in [9.17, 15) is 0 Å². The van der Waals surface area contributed by atoms with Gasteiger partial charge in [0.1, 0.15) is 0 Å². The van der Waals surface area contributed by atoms with E-state index >= 15 is 0 Å². The van der Waals surface area contributed by atoms with Gasteiger partial charge >= 0.3 is 7.12 Å². The van der Waals surface area contributed by atoms with Crippen molar-refractivity contribution < 1.29 is 9.31 Å². The Labute approximate surface area is 110 Å². The Hall–Kier alpha value is -1.06. The van der Waals surface area contributed by atoms with Crippen molar-refractivity contribution in [3.63, 3.8) is 0 Å². The van der Waals surface area contributed by atoms with E-state index in [-0.39, 0.29) is 18.3 Å². The zero-order chi connectivity index (χ0) is 13.6. The minimum Gasteiger partial charge on any atom is -0.399 e. The molecule has 1 fully saturated rings. The molecule has 0 bridgehead atoms. The molecule has 1 aromatic carbocycles. The van der Waals surface area contributed by atoms with Gasteiger partial charge in [0.05, 0.1) is 11.2 Å². The highest BCUT2D eigenvalue weighted by molar-refractivity contribution is 6.62. The maximum Gasteiger partial charge on any atom is 0.494 e. The minimum absolute atomic E-state index is 0.285. The van der Waals surface area contributed by atoms with E-state index in [1.54, 1.807) is 0 Å². The fraction of sp³-hybridized carbons (Fsp3) is 0.467. The molecule has 0 unspecified atom stereocenters. The Morgan fingerprint density at radius 3 is 2.11 bits per heavy atom. The third-order valence-electron chi connectivity index (χ3n) is 4.04. The van der Waals surface area contributed by atoms with E-state index in [0.717, 1.165) is 11.0 Å². The quantitative estimate of drug-likeness (QED) is 0.744. The summed E-state index contributed by atoms with van der Waals surface area (Å²) in [5.41, 5.74) is 2.83. The predicted molar refractivity (Wildman–Crippen MR) is 77.0 cm³/mol. The van der Waals surface area contributed by atoms with Gasteiger partial charge in [-0.1, -0.05) is 30.9 Å². The van der Waals surface area contributed by atoms with Gasteiger partial charge in [0.2, 0.25) is 0 Å². The summed E-state index contributed by atoms with van der Waals surface area (Å²) in [5, 5.41) is 0. The second kappa shape index (κ2) is 4.25. The van der Waals surface area contributed by atoms with Crippen molar-refractivity contribution in [2.75, 3.05) is 0 Å². The summed E-state index contributed by atoms with van der Waals surface area (Å²) in [4.78, 5) is 0. The summed E-state index contributed by atoms with van der Waals surface area (Å²) >= 11 is 0. The van der Waals surface area contributed by atoms with Gasteiger partial charge in [-0.15, -0.1) is 0 Å².